The van der Waals surface area contributed by atoms with Gasteiger partial charge in [-0.1, -0.05) is 29.8 Å². The number of aliphatic imine (C=N–C) groups is 1. The molecule has 0 bridgehead atoms. The van der Waals surface area contributed by atoms with E-state index in [9.17, 15) is 10.1 Å². The minimum Gasteiger partial charge on any atom is -0.489 e. The second-order valence-corrected chi connectivity index (χ2v) is 6.38. The van der Waals surface area contributed by atoms with E-state index in [-0.39, 0.29) is 5.69 Å². The van der Waals surface area contributed by atoms with Gasteiger partial charge in [0.2, 0.25) is 0 Å². The summed E-state index contributed by atoms with van der Waals surface area (Å²) in [5.41, 5.74) is 3.61. The molecule has 0 saturated heterocycles. The second kappa shape index (κ2) is 8.47. The van der Waals surface area contributed by atoms with Crippen LogP contribution in [-0.4, -0.2) is 11.1 Å². The summed E-state index contributed by atoms with van der Waals surface area (Å²) in [4.78, 5) is 14.7. The van der Waals surface area contributed by atoms with Gasteiger partial charge in [0, 0.05) is 23.4 Å². The van der Waals surface area contributed by atoms with Crippen molar-refractivity contribution in [3.63, 3.8) is 0 Å². The Morgan fingerprint density at radius 3 is 2.59 bits per heavy atom. The fourth-order valence-electron chi connectivity index (χ4n) is 2.38. The number of hydrogen-bond acceptors (Lipinski definition) is 4. The zero-order chi connectivity index (χ0) is 19.2. The van der Waals surface area contributed by atoms with E-state index in [2.05, 4.69) is 4.99 Å². The van der Waals surface area contributed by atoms with Gasteiger partial charge in [-0.3, -0.25) is 15.1 Å². The van der Waals surface area contributed by atoms with Crippen molar-refractivity contribution in [1.82, 2.24) is 0 Å². The SMILES string of the molecule is Cc1ccc(N=Cc2cccc(OCc3ccc([N+](=O)[O-])cc3)c2)cc1Cl. The zero-order valence-corrected chi connectivity index (χ0v) is 15.4. The number of non-ortho nitro benzene ring substituents is 1. The Balaban J connectivity index is 1.65. The van der Waals surface area contributed by atoms with Crippen molar-refractivity contribution in [2.45, 2.75) is 13.5 Å². The first-order valence-corrected chi connectivity index (χ1v) is 8.65. The van der Waals surface area contributed by atoms with Gasteiger partial charge in [0.1, 0.15) is 12.4 Å². The van der Waals surface area contributed by atoms with E-state index in [4.69, 9.17) is 16.3 Å². The molecule has 0 atom stereocenters. The summed E-state index contributed by atoms with van der Waals surface area (Å²) in [6, 6.07) is 19.5. The number of rotatable bonds is 6. The normalized spacial score (nSPS) is 10.9. The Morgan fingerprint density at radius 2 is 1.89 bits per heavy atom. The summed E-state index contributed by atoms with van der Waals surface area (Å²) in [6.07, 6.45) is 1.75. The molecule has 0 aromatic heterocycles. The van der Waals surface area contributed by atoms with Gasteiger partial charge in [0.25, 0.3) is 5.69 Å². The molecule has 0 aliphatic rings. The van der Waals surface area contributed by atoms with E-state index in [1.165, 1.54) is 12.1 Å². The van der Waals surface area contributed by atoms with Gasteiger partial charge in [-0.05, 0) is 60.0 Å². The number of nitro benzene ring substituents is 1. The standard InChI is InChI=1S/C21H17ClN2O3/c1-15-5-8-18(12-21(15)22)23-13-17-3-2-4-20(11-17)27-14-16-6-9-19(10-7-16)24(25)26/h2-13H,14H2,1H3. The van der Waals surface area contributed by atoms with Gasteiger partial charge in [0.15, 0.2) is 0 Å². The number of aryl methyl sites for hydroxylation is 1. The molecule has 3 rings (SSSR count). The first-order chi connectivity index (χ1) is 13.0. The monoisotopic (exact) mass is 380 g/mol. The van der Waals surface area contributed by atoms with Crippen LogP contribution in [0.4, 0.5) is 11.4 Å². The molecule has 3 aromatic rings. The van der Waals surface area contributed by atoms with E-state index in [1.807, 2.05) is 49.4 Å². The Kier molecular flexibility index (Phi) is 5.84. The van der Waals surface area contributed by atoms with Gasteiger partial charge in [0.05, 0.1) is 10.6 Å². The van der Waals surface area contributed by atoms with Crippen LogP contribution in [0.25, 0.3) is 0 Å². The quantitative estimate of drug-likeness (QED) is 0.304. The van der Waals surface area contributed by atoms with Crippen molar-refractivity contribution in [3.05, 3.63) is 98.6 Å². The third-order valence-electron chi connectivity index (χ3n) is 3.93. The molecule has 0 amide bonds. The number of hydrogen-bond donors (Lipinski definition) is 0. The van der Waals surface area contributed by atoms with Crippen LogP contribution >= 0.6 is 11.6 Å². The molecule has 136 valence electrons. The van der Waals surface area contributed by atoms with Crippen molar-refractivity contribution in [2.75, 3.05) is 0 Å². The van der Waals surface area contributed by atoms with Crippen LogP contribution in [0.1, 0.15) is 16.7 Å². The smallest absolute Gasteiger partial charge is 0.269 e. The first kappa shape index (κ1) is 18.6. The predicted octanol–water partition coefficient (Wildman–Crippen LogP) is 5.89. The Bertz CT molecular complexity index is 985. The number of nitrogens with zero attached hydrogens (tertiary/aromatic N) is 2. The minimum atomic E-state index is -0.422. The minimum absolute atomic E-state index is 0.0631. The van der Waals surface area contributed by atoms with Gasteiger partial charge in [-0.2, -0.15) is 0 Å². The van der Waals surface area contributed by atoms with Crippen LogP contribution in [-0.2, 0) is 6.61 Å². The lowest BCUT2D eigenvalue weighted by Crippen LogP contribution is -1.96. The fraction of sp³-hybridized carbons (Fsp3) is 0.0952. The number of nitro groups is 1. The summed E-state index contributed by atoms with van der Waals surface area (Å²) >= 11 is 6.12. The number of benzene rings is 3. The highest BCUT2D eigenvalue weighted by Crippen LogP contribution is 2.22. The molecule has 0 radical (unpaired) electrons. The van der Waals surface area contributed by atoms with Crippen molar-refractivity contribution in [2.24, 2.45) is 4.99 Å². The van der Waals surface area contributed by atoms with Crippen LogP contribution < -0.4 is 4.74 Å². The zero-order valence-electron chi connectivity index (χ0n) is 14.6. The van der Waals surface area contributed by atoms with Gasteiger partial charge in [-0.15, -0.1) is 0 Å². The molecule has 0 aliphatic heterocycles. The average molecular weight is 381 g/mol. The average Bonchev–Trinajstić information content (AvgIpc) is 2.68. The molecule has 6 heteroatoms. The molecular formula is C21H17ClN2O3. The molecule has 0 heterocycles. The fourth-order valence-corrected chi connectivity index (χ4v) is 2.55. The third-order valence-corrected chi connectivity index (χ3v) is 4.34. The summed E-state index contributed by atoms with van der Waals surface area (Å²) in [7, 11) is 0. The number of ether oxygens (including phenoxy) is 1. The molecule has 3 aromatic carbocycles. The molecule has 5 nitrogen and oxygen atoms in total. The topological polar surface area (TPSA) is 64.7 Å². The van der Waals surface area contributed by atoms with Crippen molar-refractivity contribution in [3.8, 4) is 5.75 Å². The first-order valence-electron chi connectivity index (χ1n) is 8.28. The molecule has 27 heavy (non-hydrogen) atoms. The van der Waals surface area contributed by atoms with E-state index in [1.54, 1.807) is 18.3 Å². The van der Waals surface area contributed by atoms with Crippen LogP contribution in [0.3, 0.4) is 0 Å². The van der Waals surface area contributed by atoms with Crippen LogP contribution in [0.5, 0.6) is 5.75 Å². The lowest BCUT2D eigenvalue weighted by Gasteiger charge is -2.07. The molecule has 0 fully saturated rings. The van der Waals surface area contributed by atoms with Crippen molar-refractivity contribution >= 4 is 29.2 Å². The van der Waals surface area contributed by atoms with Gasteiger partial charge < -0.3 is 4.74 Å². The molecule has 0 N–H and O–H groups in total. The summed E-state index contributed by atoms with van der Waals surface area (Å²) in [6.45, 7) is 2.27. The Labute approximate surface area is 162 Å². The second-order valence-electron chi connectivity index (χ2n) is 5.98. The van der Waals surface area contributed by atoms with E-state index >= 15 is 0 Å². The summed E-state index contributed by atoms with van der Waals surface area (Å²) in [5, 5.41) is 11.4. The lowest BCUT2D eigenvalue weighted by atomic mass is 10.2. The van der Waals surface area contributed by atoms with Crippen molar-refractivity contribution < 1.29 is 9.66 Å². The molecule has 0 spiro atoms. The van der Waals surface area contributed by atoms with Crippen LogP contribution in [0.2, 0.25) is 5.02 Å². The molecule has 0 unspecified atom stereocenters. The maximum absolute atomic E-state index is 10.7. The highest BCUT2D eigenvalue weighted by molar-refractivity contribution is 6.31. The van der Waals surface area contributed by atoms with Gasteiger partial charge >= 0.3 is 0 Å². The van der Waals surface area contributed by atoms with E-state index in [0.717, 1.165) is 22.4 Å². The highest BCUT2D eigenvalue weighted by Gasteiger charge is 2.04. The summed E-state index contributed by atoms with van der Waals surface area (Å²) in [5.74, 6) is 0.694. The molecule has 0 aliphatic carbocycles. The van der Waals surface area contributed by atoms with E-state index < -0.39 is 4.92 Å². The predicted molar refractivity (Wildman–Crippen MR) is 107 cm³/mol. The van der Waals surface area contributed by atoms with E-state index in [0.29, 0.717) is 17.4 Å². The molecular weight excluding hydrogens is 364 g/mol. The van der Waals surface area contributed by atoms with Crippen molar-refractivity contribution in [1.29, 1.82) is 0 Å². The molecule has 0 saturated carbocycles. The lowest BCUT2D eigenvalue weighted by molar-refractivity contribution is -0.384. The van der Waals surface area contributed by atoms with Crippen LogP contribution in [0, 0.1) is 17.0 Å². The third kappa shape index (κ3) is 5.15. The number of halogens is 1. The summed E-state index contributed by atoms with van der Waals surface area (Å²) < 4.78 is 5.77. The Morgan fingerprint density at radius 1 is 1.11 bits per heavy atom. The van der Waals surface area contributed by atoms with Gasteiger partial charge in [-0.25, -0.2) is 0 Å². The largest absolute Gasteiger partial charge is 0.489 e. The van der Waals surface area contributed by atoms with Crippen LogP contribution in [0.15, 0.2) is 71.7 Å². The maximum atomic E-state index is 10.7. The highest BCUT2D eigenvalue weighted by atomic mass is 35.5. The maximum Gasteiger partial charge on any atom is 0.269 e. The Hall–Kier alpha value is -3.18.